The van der Waals surface area contributed by atoms with Crippen LogP contribution in [0.4, 0.5) is 0 Å². The first-order valence-electron chi connectivity index (χ1n) is 9.94. The van der Waals surface area contributed by atoms with E-state index in [1.165, 1.54) is 0 Å². The van der Waals surface area contributed by atoms with Crippen molar-refractivity contribution in [2.45, 2.75) is 13.5 Å². The number of carbonyl (C=O) groups is 1. The number of carbonyl (C=O) groups excluding carboxylic acids is 1. The Morgan fingerprint density at radius 3 is 2.62 bits per heavy atom. The van der Waals surface area contributed by atoms with E-state index in [9.17, 15) is 4.79 Å². The fourth-order valence-electron chi connectivity index (χ4n) is 3.34. The van der Waals surface area contributed by atoms with E-state index >= 15 is 0 Å². The fraction of sp³-hybridized carbons (Fsp3) is 0.0833. The summed E-state index contributed by atoms with van der Waals surface area (Å²) in [6, 6.07) is 20.6. The van der Waals surface area contributed by atoms with Crippen molar-refractivity contribution in [3.05, 3.63) is 96.3 Å². The zero-order valence-corrected chi connectivity index (χ0v) is 17.1. The average Bonchev–Trinajstić information content (AvgIpc) is 3.59. The fourth-order valence-corrected chi connectivity index (χ4v) is 3.34. The maximum Gasteiger partial charge on any atom is 0.338 e. The Kier molecular flexibility index (Phi) is 5.09. The molecule has 8 nitrogen and oxygen atoms in total. The highest BCUT2D eigenvalue weighted by Gasteiger charge is 2.22. The molecule has 0 aliphatic heterocycles. The molecule has 0 aliphatic carbocycles. The standard InChI is InChI=1S/C24H18N4O4/c1-16-21(22(27-32-16)17-8-3-2-4-9-17)23-26-25-20(31-23)15-30-24(29)18-10-7-11-19(14-18)28-12-5-6-13-28/h2-14H,15H2,1H3. The summed E-state index contributed by atoms with van der Waals surface area (Å²) in [5.74, 6) is 0.501. The molecule has 2 aromatic carbocycles. The predicted octanol–water partition coefficient (Wildman–Crippen LogP) is 4.85. The largest absolute Gasteiger partial charge is 0.452 e. The van der Waals surface area contributed by atoms with Gasteiger partial charge in [0.1, 0.15) is 17.0 Å². The summed E-state index contributed by atoms with van der Waals surface area (Å²) in [6.45, 7) is 1.63. The minimum atomic E-state index is -0.482. The quantitative estimate of drug-likeness (QED) is 0.358. The third kappa shape index (κ3) is 3.81. The molecule has 0 amide bonds. The van der Waals surface area contributed by atoms with Crippen LogP contribution in [0, 0.1) is 6.92 Å². The monoisotopic (exact) mass is 426 g/mol. The van der Waals surface area contributed by atoms with Crippen LogP contribution in [0.2, 0.25) is 0 Å². The first-order chi connectivity index (χ1) is 15.7. The number of hydrogen-bond donors (Lipinski definition) is 0. The van der Waals surface area contributed by atoms with Crippen LogP contribution in [0.1, 0.15) is 22.0 Å². The summed E-state index contributed by atoms with van der Waals surface area (Å²) in [7, 11) is 0. The van der Waals surface area contributed by atoms with Crippen LogP contribution >= 0.6 is 0 Å². The molecule has 0 saturated heterocycles. The van der Waals surface area contributed by atoms with E-state index in [1.54, 1.807) is 25.1 Å². The van der Waals surface area contributed by atoms with E-state index < -0.39 is 5.97 Å². The lowest BCUT2D eigenvalue weighted by Crippen LogP contribution is -2.06. The van der Waals surface area contributed by atoms with Gasteiger partial charge in [-0.25, -0.2) is 4.79 Å². The molecule has 32 heavy (non-hydrogen) atoms. The molecule has 3 heterocycles. The minimum Gasteiger partial charge on any atom is -0.452 e. The first-order valence-corrected chi connectivity index (χ1v) is 9.94. The highest BCUT2D eigenvalue weighted by atomic mass is 16.5. The van der Waals surface area contributed by atoms with Crippen molar-refractivity contribution in [1.82, 2.24) is 19.9 Å². The lowest BCUT2D eigenvalue weighted by Gasteiger charge is -2.06. The van der Waals surface area contributed by atoms with Crippen molar-refractivity contribution in [3.8, 4) is 28.4 Å². The van der Waals surface area contributed by atoms with E-state index in [2.05, 4.69) is 15.4 Å². The molecule has 0 aliphatic rings. The first kappa shape index (κ1) is 19.5. The third-order valence-corrected chi connectivity index (χ3v) is 4.90. The highest BCUT2D eigenvalue weighted by molar-refractivity contribution is 5.90. The lowest BCUT2D eigenvalue weighted by molar-refractivity contribution is 0.0438. The second-order valence-corrected chi connectivity index (χ2v) is 7.05. The summed E-state index contributed by atoms with van der Waals surface area (Å²) in [5.41, 5.74) is 3.38. The molecule has 5 aromatic rings. The van der Waals surface area contributed by atoms with Gasteiger partial charge in [-0.05, 0) is 37.3 Å². The molecule has 0 fully saturated rings. The summed E-state index contributed by atoms with van der Waals surface area (Å²) < 4.78 is 18.4. The molecule has 3 aromatic heterocycles. The molecule has 0 atom stereocenters. The smallest absolute Gasteiger partial charge is 0.338 e. The topological polar surface area (TPSA) is 96.2 Å². The van der Waals surface area contributed by atoms with Crippen molar-refractivity contribution < 1.29 is 18.5 Å². The predicted molar refractivity (Wildman–Crippen MR) is 115 cm³/mol. The van der Waals surface area contributed by atoms with Gasteiger partial charge >= 0.3 is 5.97 Å². The van der Waals surface area contributed by atoms with Crippen LogP contribution in [-0.2, 0) is 11.3 Å². The van der Waals surface area contributed by atoms with E-state index in [-0.39, 0.29) is 18.4 Å². The Labute approximate surface area is 183 Å². The van der Waals surface area contributed by atoms with Gasteiger partial charge in [-0.2, -0.15) is 0 Å². The van der Waals surface area contributed by atoms with Crippen molar-refractivity contribution in [2.75, 3.05) is 0 Å². The number of ether oxygens (including phenoxy) is 1. The van der Waals surface area contributed by atoms with Gasteiger partial charge in [0.15, 0.2) is 6.61 Å². The third-order valence-electron chi connectivity index (χ3n) is 4.90. The number of rotatable bonds is 6. The molecule has 0 bridgehead atoms. The Bertz CT molecular complexity index is 1350. The van der Waals surface area contributed by atoms with Gasteiger partial charge in [0, 0.05) is 23.6 Å². The van der Waals surface area contributed by atoms with Crippen LogP contribution in [0.5, 0.6) is 0 Å². The van der Waals surface area contributed by atoms with Crippen LogP contribution in [0.3, 0.4) is 0 Å². The van der Waals surface area contributed by atoms with Gasteiger partial charge in [0.2, 0.25) is 0 Å². The van der Waals surface area contributed by atoms with Crippen LogP contribution in [-0.4, -0.2) is 25.9 Å². The van der Waals surface area contributed by atoms with E-state index in [0.29, 0.717) is 22.6 Å². The minimum absolute atomic E-state index is 0.148. The van der Waals surface area contributed by atoms with Crippen molar-refractivity contribution in [1.29, 1.82) is 0 Å². The van der Waals surface area contributed by atoms with Crippen molar-refractivity contribution in [2.24, 2.45) is 0 Å². The zero-order chi connectivity index (χ0) is 21.9. The molecule has 8 heteroatoms. The number of aryl methyl sites for hydroxylation is 1. The molecule has 0 N–H and O–H groups in total. The molecule has 0 unspecified atom stereocenters. The molecule has 0 spiro atoms. The van der Waals surface area contributed by atoms with Crippen LogP contribution < -0.4 is 0 Å². The molecule has 0 saturated carbocycles. The summed E-state index contributed by atoms with van der Waals surface area (Å²) in [6.07, 6.45) is 3.81. The highest BCUT2D eigenvalue weighted by Crippen LogP contribution is 2.33. The number of nitrogens with zero attached hydrogens (tertiary/aromatic N) is 4. The Hall–Kier alpha value is -4.46. The average molecular weight is 426 g/mol. The summed E-state index contributed by atoms with van der Waals surface area (Å²) in [5, 5.41) is 12.2. The SMILES string of the molecule is Cc1onc(-c2ccccc2)c1-c1nnc(COC(=O)c2cccc(-n3cccc3)c2)o1. The van der Waals surface area contributed by atoms with E-state index in [4.69, 9.17) is 13.7 Å². The number of aromatic nitrogens is 4. The van der Waals surface area contributed by atoms with E-state index in [1.807, 2.05) is 65.5 Å². The molecule has 0 radical (unpaired) electrons. The van der Waals surface area contributed by atoms with Crippen LogP contribution in [0.25, 0.3) is 28.4 Å². The summed E-state index contributed by atoms with van der Waals surface area (Å²) in [4.78, 5) is 12.5. The lowest BCUT2D eigenvalue weighted by atomic mass is 10.1. The molecular weight excluding hydrogens is 408 g/mol. The van der Waals surface area contributed by atoms with Crippen LogP contribution in [0.15, 0.2) is 88.1 Å². The zero-order valence-electron chi connectivity index (χ0n) is 17.1. The molecule has 158 valence electrons. The normalized spacial score (nSPS) is 10.9. The van der Waals surface area contributed by atoms with Gasteiger partial charge < -0.3 is 18.2 Å². The Balaban J connectivity index is 1.32. The van der Waals surface area contributed by atoms with Crippen molar-refractivity contribution in [3.63, 3.8) is 0 Å². The van der Waals surface area contributed by atoms with Gasteiger partial charge in [-0.15, -0.1) is 10.2 Å². The maximum absolute atomic E-state index is 12.5. The van der Waals surface area contributed by atoms with Gasteiger partial charge in [0.25, 0.3) is 11.8 Å². The Morgan fingerprint density at radius 2 is 1.81 bits per heavy atom. The van der Waals surface area contributed by atoms with E-state index in [0.717, 1.165) is 11.3 Å². The van der Waals surface area contributed by atoms with Crippen molar-refractivity contribution >= 4 is 5.97 Å². The van der Waals surface area contributed by atoms with Gasteiger partial charge in [0.05, 0.1) is 5.56 Å². The number of esters is 1. The van der Waals surface area contributed by atoms with Gasteiger partial charge in [-0.3, -0.25) is 0 Å². The molecule has 5 rings (SSSR count). The van der Waals surface area contributed by atoms with Gasteiger partial charge in [-0.1, -0.05) is 41.6 Å². The number of benzene rings is 2. The Morgan fingerprint density at radius 1 is 1.00 bits per heavy atom. The second-order valence-electron chi connectivity index (χ2n) is 7.05. The summed E-state index contributed by atoms with van der Waals surface area (Å²) >= 11 is 0. The second kappa shape index (κ2) is 8.35. The maximum atomic E-state index is 12.5. The number of hydrogen-bond acceptors (Lipinski definition) is 7. The molecular formula is C24H18N4O4.